The van der Waals surface area contributed by atoms with Crippen molar-refractivity contribution < 1.29 is 4.79 Å². The van der Waals surface area contributed by atoms with Crippen molar-refractivity contribution in [3.05, 3.63) is 0 Å². The van der Waals surface area contributed by atoms with Crippen LogP contribution in [0, 0.1) is 11.3 Å². The van der Waals surface area contributed by atoms with Gasteiger partial charge in [-0.25, -0.2) is 0 Å². The molecule has 2 heteroatoms. The zero-order valence-corrected chi connectivity index (χ0v) is 11.5. The molecule has 0 aromatic rings. The van der Waals surface area contributed by atoms with Crippen LogP contribution in [0.5, 0.6) is 0 Å². The average molecular weight is 225 g/mol. The first-order valence-electron chi connectivity index (χ1n) is 6.63. The number of carbonyl (C=O) groups is 1. The topological polar surface area (TPSA) is 20.3 Å². The quantitative estimate of drug-likeness (QED) is 0.732. The van der Waals surface area contributed by atoms with E-state index in [-0.39, 0.29) is 11.3 Å². The highest BCUT2D eigenvalue weighted by Crippen LogP contribution is 2.35. The Bertz CT molecular complexity index is 247. The number of rotatable bonds is 4. The minimum absolute atomic E-state index is 0.0841. The highest BCUT2D eigenvalue weighted by atomic mass is 16.1. The second-order valence-electron chi connectivity index (χ2n) is 6.03. The lowest BCUT2D eigenvalue weighted by Crippen LogP contribution is -2.42. The summed E-state index contributed by atoms with van der Waals surface area (Å²) in [6.45, 7) is 9.58. The Kier molecular flexibility index (Phi) is 4.54. The molecule has 2 nitrogen and oxygen atoms in total. The molecule has 0 radical (unpaired) electrons. The predicted molar refractivity (Wildman–Crippen MR) is 68.5 cm³/mol. The summed E-state index contributed by atoms with van der Waals surface area (Å²) in [5.41, 5.74) is -0.0841. The molecule has 0 heterocycles. The molecule has 0 aliphatic heterocycles. The Labute approximate surface area is 100 Å². The molecule has 16 heavy (non-hydrogen) atoms. The third-order valence-electron chi connectivity index (χ3n) is 4.24. The van der Waals surface area contributed by atoms with E-state index < -0.39 is 0 Å². The van der Waals surface area contributed by atoms with Crippen LogP contribution in [-0.2, 0) is 4.79 Å². The first-order chi connectivity index (χ1) is 7.38. The van der Waals surface area contributed by atoms with Gasteiger partial charge in [0.15, 0.2) is 0 Å². The molecule has 1 rings (SSSR count). The molecule has 2 atom stereocenters. The molecule has 94 valence electrons. The fourth-order valence-electron chi connectivity index (χ4n) is 2.61. The number of nitrogens with zero attached hydrogens (tertiary/aromatic N) is 1. The van der Waals surface area contributed by atoms with Crippen LogP contribution in [-0.4, -0.2) is 30.3 Å². The Morgan fingerprint density at radius 3 is 2.69 bits per heavy atom. The molecule has 2 unspecified atom stereocenters. The highest BCUT2D eigenvalue weighted by Gasteiger charge is 2.37. The highest BCUT2D eigenvalue weighted by molar-refractivity contribution is 5.87. The minimum Gasteiger partial charge on any atom is -0.303 e. The van der Waals surface area contributed by atoms with Gasteiger partial charge in [0.05, 0.1) is 0 Å². The fourth-order valence-corrected chi connectivity index (χ4v) is 2.61. The zero-order valence-electron chi connectivity index (χ0n) is 11.5. The molecule has 0 spiro atoms. The second-order valence-corrected chi connectivity index (χ2v) is 6.03. The van der Waals surface area contributed by atoms with Crippen molar-refractivity contribution in [2.24, 2.45) is 11.3 Å². The molecular weight excluding hydrogens is 198 g/mol. The molecule has 1 fully saturated rings. The van der Waals surface area contributed by atoms with Crippen LogP contribution in [0.2, 0.25) is 0 Å². The number of carbonyl (C=O) groups excluding carboxylic acids is 1. The maximum atomic E-state index is 12.3. The largest absolute Gasteiger partial charge is 0.303 e. The number of Topliss-reactive ketones (excluding diaryl/α,β-unsaturated/α-hetero) is 1. The Morgan fingerprint density at radius 2 is 2.12 bits per heavy atom. The Hall–Kier alpha value is -0.370. The van der Waals surface area contributed by atoms with Crippen LogP contribution < -0.4 is 0 Å². The van der Waals surface area contributed by atoms with E-state index in [2.05, 4.69) is 39.6 Å². The van der Waals surface area contributed by atoms with Gasteiger partial charge in [-0.1, -0.05) is 27.2 Å². The Balaban J connectivity index is 2.57. The van der Waals surface area contributed by atoms with E-state index >= 15 is 0 Å². The van der Waals surface area contributed by atoms with E-state index in [4.69, 9.17) is 0 Å². The molecule has 1 saturated carbocycles. The van der Waals surface area contributed by atoms with Crippen LogP contribution in [0.15, 0.2) is 0 Å². The lowest BCUT2D eigenvalue weighted by molar-refractivity contribution is -0.135. The van der Waals surface area contributed by atoms with Crippen LogP contribution in [0.3, 0.4) is 0 Å². The van der Waals surface area contributed by atoms with Crippen molar-refractivity contribution >= 4 is 5.78 Å². The van der Waals surface area contributed by atoms with E-state index in [0.29, 0.717) is 11.8 Å². The van der Waals surface area contributed by atoms with Crippen LogP contribution in [0.4, 0.5) is 0 Å². The van der Waals surface area contributed by atoms with Gasteiger partial charge in [-0.3, -0.25) is 4.79 Å². The number of hydrogen-bond acceptors (Lipinski definition) is 2. The fraction of sp³-hybridized carbons (Fsp3) is 0.929. The molecule has 0 amide bonds. The van der Waals surface area contributed by atoms with Crippen LogP contribution in [0.1, 0.15) is 53.4 Å². The normalized spacial score (nSPS) is 27.1. The first-order valence-corrected chi connectivity index (χ1v) is 6.63. The standard InChI is InChI=1S/C14H27NO/c1-6-11(2)15(5)10-12-8-7-9-14(3,4)13(12)16/h11-12H,6-10H2,1-5H3. The van der Waals surface area contributed by atoms with E-state index in [9.17, 15) is 4.79 Å². The van der Waals surface area contributed by atoms with Gasteiger partial charge in [0.1, 0.15) is 5.78 Å². The zero-order chi connectivity index (χ0) is 12.3. The van der Waals surface area contributed by atoms with Crippen molar-refractivity contribution in [3.8, 4) is 0 Å². The lowest BCUT2D eigenvalue weighted by atomic mass is 9.71. The Morgan fingerprint density at radius 1 is 1.50 bits per heavy atom. The smallest absolute Gasteiger partial charge is 0.142 e. The third kappa shape index (κ3) is 3.07. The predicted octanol–water partition coefficient (Wildman–Crippen LogP) is 3.11. The molecule has 0 saturated heterocycles. The van der Waals surface area contributed by atoms with Crippen LogP contribution in [0.25, 0.3) is 0 Å². The SMILES string of the molecule is CCC(C)N(C)CC1CCCC(C)(C)C1=O. The summed E-state index contributed by atoms with van der Waals surface area (Å²) < 4.78 is 0. The summed E-state index contributed by atoms with van der Waals surface area (Å²) in [6.07, 6.45) is 4.51. The van der Waals surface area contributed by atoms with Gasteiger partial charge in [0.2, 0.25) is 0 Å². The molecule has 1 aliphatic carbocycles. The number of ketones is 1. The summed E-state index contributed by atoms with van der Waals surface area (Å²) >= 11 is 0. The van der Waals surface area contributed by atoms with Gasteiger partial charge in [-0.15, -0.1) is 0 Å². The summed E-state index contributed by atoms with van der Waals surface area (Å²) in [5, 5.41) is 0. The molecule has 0 aromatic heterocycles. The van der Waals surface area contributed by atoms with Crippen LogP contribution >= 0.6 is 0 Å². The molecule has 0 bridgehead atoms. The molecule has 1 aliphatic rings. The van der Waals surface area contributed by atoms with Crippen molar-refractivity contribution in [2.45, 2.75) is 59.4 Å². The summed E-state index contributed by atoms with van der Waals surface area (Å²) in [4.78, 5) is 14.6. The van der Waals surface area contributed by atoms with E-state index in [0.717, 1.165) is 25.8 Å². The van der Waals surface area contributed by atoms with Gasteiger partial charge in [-0.05, 0) is 33.2 Å². The van der Waals surface area contributed by atoms with Crippen molar-refractivity contribution in [1.29, 1.82) is 0 Å². The molecule has 0 aromatic carbocycles. The van der Waals surface area contributed by atoms with E-state index in [1.807, 2.05) is 0 Å². The molecular formula is C14H27NO. The second kappa shape index (κ2) is 5.31. The monoisotopic (exact) mass is 225 g/mol. The van der Waals surface area contributed by atoms with Gasteiger partial charge in [0, 0.05) is 23.9 Å². The summed E-state index contributed by atoms with van der Waals surface area (Å²) in [7, 11) is 2.14. The maximum Gasteiger partial charge on any atom is 0.142 e. The average Bonchev–Trinajstić information content (AvgIpc) is 2.23. The summed E-state index contributed by atoms with van der Waals surface area (Å²) in [6, 6.07) is 0.581. The van der Waals surface area contributed by atoms with Crippen molar-refractivity contribution in [2.75, 3.05) is 13.6 Å². The van der Waals surface area contributed by atoms with Gasteiger partial charge >= 0.3 is 0 Å². The van der Waals surface area contributed by atoms with Gasteiger partial charge in [-0.2, -0.15) is 0 Å². The maximum absolute atomic E-state index is 12.3. The molecule has 0 N–H and O–H groups in total. The van der Waals surface area contributed by atoms with Gasteiger partial charge < -0.3 is 4.90 Å². The first kappa shape index (κ1) is 13.7. The van der Waals surface area contributed by atoms with Gasteiger partial charge in [0.25, 0.3) is 0 Å². The van der Waals surface area contributed by atoms with E-state index in [1.54, 1.807) is 0 Å². The number of hydrogen-bond donors (Lipinski definition) is 0. The lowest BCUT2D eigenvalue weighted by Gasteiger charge is -2.36. The summed E-state index contributed by atoms with van der Waals surface area (Å²) in [5.74, 6) is 0.747. The minimum atomic E-state index is -0.0841. The van der Waals surface area contributed by atoms with Crippen molar-refractivity contribution in [1.82, 2.24) is 4.90 Å². The third-order valence-corrected chi connectivity index (χ3v) is 4.24. The van der Waals surface area contributed by atoms with Crippen molar-refractivity contribution in [3.63, 3.8) is 0 Å². The van der Waals surface area contributed by atoms with E-state index in [1.165, 1.54) is 6.42 Å².